The van der Waals surface area contributed by atoms with Crippen LogP contribution in [0.1, 0.15) is 23.2 Å². The number of hydrogen-bond acceptors (Lipinski definition) is 3. The van der Waals surface area contributed by atoms with Crippen molar-refractivity contribution in [3.63, 3.8) is 0 Å². The van der Waals surface area contributed by atoms with E-state index in [4.69, 9.17) is 0 Å². The molecule has 4 nitrogen and oxygen atoms in total. The van der Waals surface area contributed by atoms with Gasteiger partial charge in [-0.2, -0.15) is 0 Å². The van der Waals surface area contributed by atoms with Crippen LogP contribution in [0.2, 0.25) is 0 Å². The van der Waals surface area contributed by atoms with E-state index in [1.165, 1.54) is 6.07 Å². The molecule has 1 saturated heterocycles. The van der Waals surface area contributed by atoms with Gasteiger partial charge in [0.2, 0.25) is 0 Å². The Bertz CT molecular complexity index is 1030. The van der Waals surface area contributed by atoms with Gasteiger partial charge in [-0.3, -0.25) is 4.79 Å². The number of pyridine rings is 1. The third-order valence-corrected chi connectivity index (χ3v) is 4.60. The molecule has 1 amide bonds. The van der Waals surface area contributed by atoms with Crippen molar-refractivity contribution in [2.24, 2.45) is 0 Å². The molecular weight excluding hydrogens is 355 g/mol. The minimum absolute atomic E-state index is 0.0584. The normalized spacial score (nSPS) is 14.0. The average Bonchev–Trinajstić information content (AvgIpc) is 3.18. The topological polar surface area (TPSA) is 45.2 Å². The highest BCUT2D eigenvalue weighted by Crippen LogP contribution is 2.26. The maximum atomic E-state index is 14.5. The smallest absolute Gasteiger partial charge is 0.255 e. The van der Waals surface area contributed by atoms with Gasteiger partial charge >= 0.3 is 0 Å². The molecule has 4 rings (SSSR count). The van der Waals surface area contributed by atoms with Crippen LogP contribution in [-0.2, 0) is 0 Å². The standard InChI is InChI=1S/C20H16F3N3O/c21-15-5-3-13(10-16(15)22)20(27)24-14-9-12-4-6-18(26-7-1-2-8-26)25-19(12)17(23)11-14/h3-6,9-11H,1-2,7-8H2,(H,24,27). The lowest BCUT2D eigenvalue weighted by molar-refractivity contribution is 0.102. The van der Waals surface area contributed by atoms with Crippen LogP contribution in [0.5, 0.6) is 0 Å². The predicted octanol–water partition coefficient (Wildman–Crippen LogP) is 4.50. The molecule has 7 heteroatoms. The number of carbonyl (C=O) groups excluding carboxylic acids is 1. The van der Waals surface area contributed by atoms with E-state index in [9.17, 15) is 18.0 Å². The number of nitrogens with zero attached hydrogens (tertiary/aromatic N) is 2. The van der Waals surface area contributed by atoms with Crippen LogP contribution in [0.3, 0.4) is 0 Å². The van der Waals surface area contributed by atoms with Gasteiger partial charge in [-0.25, -0.2) is 18.2 Å². The molecule has 138 valence electrons. The fourth-order valence-electron chi connectivity index (χ4n) is 3.22. The zero-order valence-electron chi connectivity index (χ0n) is 14.3. The zero-order valence-corrected chi connectivity index (χ0v) is 14.3. The lowest BCUT2D eigenvalue weighted by Crippen LogP contribution is -2.18. The van der Waals surface area contributed by atoms with E-state index in [2.05, 4.69) is 15.2 Å². The second-order valence-electron chi connectivity index (χ2n) is 6.48. The summed E-state index contributed by atoms with van der Waals surface area (Å²) >= 11 is 0. The van der Waals surface area contributed by atoms with Crippen molar-refractivity contribution in [3.8, 4) is 0 Å². The van der Waals surface area contributed by atoms with E-state index in [-0.39, 0.29) is 16.8 Å². The molecule has 0 radical (unpaired) electrons. The number of halogens is 3. The van der Waals surface area contributed by atoms with Gasteiger partial charge in [0.05, 0.1) is 0 Å². The SMILES string of the molecule is O=C(Nc1cc(F)c2nc(N3CCCC3)ccc2c1)c1ccc(F)c(F)c1. The van der Waals surface area contributed by atoms with Crippen molar-refractivity contribution in [1.29, 1.82) is 0 Å². The molecule has 0 saturated carbocycles. The zero-order chi connectivity index (χ0) is 19.0. The molecule has 3 aromatic rings. The van der Waals surface area contributed by atoms with Crippen LogP contribution >= 0.6 is 0 Å². The summed E-state index contributed by atoms with van der Waals surface area (Å²) < 4.78 is 40.8. The first-order valence-electron chi connectivity index (χ1n) is 8.63. The number of fused-ring (bicyclic) bond motifs is 1. The van der Waals surface area contributed by atoms with Crippen LogP contribution in [0.15, 0.2) is 42.5 Å². The number of anilines is 2. The summed E-state index contributed by atoms with van der Waals surface area (Å²) in [6.07, 6.45) is 2.19. The third kappa shape index (κ3) is 3.45. The van der Waals surface area contributed by atoms with Crippen molar-refractivity contribution in [2.45, 2.75) is 12.8 Å². The number of nitrogens with one attached hydrogen (secondary N) is 1. The molecular formula is C20H16F3N3O. The fourth-order valence-corrected chi connectivity index (χ4v) is 3.22. The number of carbonyl (C=O) groups is 1. The van der Waals surface area contributed by atoms with E-state index in [0.29, 0.717) is 5.39 Å². The van der Waals surface area contributed by atoms with Crippen molar-refractivity contribution in [2.75, 3.05) is 23.3 Å². The monoisotopic (exact) mass is 371 g/mol. The molecule has 1 aliphatic rings. The summed E-state index contributed by atoms with van der Waals surface area (Å²) in [6.45, 7) is 1.81. The summed E-state index contributed by atoms with van der Waals surface area (Å²) in [5.74, 6) is -2.64. The average molecular weight is 371 g/mol. The Morgan fingerprint density at radius 3 is 2.44 bits per heavy atom. The van der Waals surface area contributed by atoms with E-state index in [1.807, 2.05) is 6.07 Å². The lowest BCUT2D eigenvalue weighted by atomic mass is 10.1. The van der Waals surface area contributed by atoms with Crippen LogP contribution in [-0.4, -0.2) is 24.0 Å². The molecule has 1 N–H and O–H groups in total. The van der Waals surface area contributed by atoms with E-state index in [0.717, 1.165) is 49.9 Å². The quantitative estimate of drug-likeness (QED) is 0.737. The number of rotatable bonds is 3. The summed E-state index contributed by atoms with van der Waals surface area (Å²) in [7, 11) is 0. The molecule has 1 aliphatic heterocycles. The summed E-state index contributed by atoms with van der Waals surface area (Å²) in [6, 6.07) is 9.17. The molecule has 0 unspecified atom stereocenters. The van der Waals surface area contributed by atoms with Gasteiger partial charge in [0.1, 0.15) is 11.3 Å². The highest BCUT2D eigenvalue weighted by molar-refractivity contribution is 6.05. The molecule has 0 atom stereocenters. The first kappa shape index (κ1) is 17.3. The molecule has 2 heterocycles. The highest BCUT2D eigenvalue weighted by atomic mass is 19.2. The van der Waals surface area contributed by atoms with E-state index in [1.54, 1.807) is 12.1 Å². The van der Waals surface area contributed by atoms with Gasteiger partial charge in [0, 0.05) is 29.7 Å². The molecule has 27 heavy (non-hydrogen) atoms. The Morgan fingerprint density at radius 2 is 1.70 bits per heavy atom. The minimum atomic E-state index is -1.12. The number of hydrogen-bond donors (Lipinski definition) is 1. The van der Waals surface area contributed by atoms with Gasteiger partial charge in [0.25, 0.3) is 5.91 Å². The Hall–Kier alpha value is -3.09. The van der Waals surface area contributed by atoms with Gasteiger partial charge in [-0.1, -0.05) is 0 Å². The largest absolute Gasteiger partial charge is 0.357 e. The Labute approximate surface area is 153 Å². The summed E-state index contributed by atoms with van der Waals surface area (Å²) in [5, 5.41) is 3.04. The van der Waals surface area contributed by atoms with Crippen molar-refractivity contribution >= 4 is 28.3 Å². The maximum absolute atomic E-state index is 14.5. The van der Waals surface area contributed by atoms with E-state index < -0.39 is 23.4 Å². The molecule has 0 spiro atoms. The first-order valence-corrected chi connectivity index (χ1v) is 8.63. The second-order valence-corrected chi connectivity index (χ2v) is 6.48. The number of benzene rings is 2. The van der Waals surface area contributed by atoms with Gasteiger partial charge in [0.15, 0.2) is 17.5 Å². The van der Waals surface area contributed by atoms with Gasteiger partial charge in [-0.05, 0) is 55.3 Å². The maximum Gasteiger partial charge on any atom is 0.255 e. The summed E-state index contributed by atoms with van der Waals surface area (Å²) in [5.41, 5.74) is 0.382. The molecule has 0 aliphatic carbocycles. The highest BCUT2D eigenvalue weighted by Gasteiger charge is 2.16. The molecule has 1 aromatic heterocycles. The van der Waals surface area contributed by atoms with Crippen LogP contribution in [0.25, 0.3) is 10.9 Å². The van der Waals surface area contributed by atoms with Crippen LogP contribution < -0.4 is 10.2 Å². The summed E-state index contributed by atoms with van der Waals surface area (Å²) in [4.78, 5) is 18.7. The van der Waals surface area contributed by atoms with Crippen LogP contribution in [0, 0.1) is 17.5 Å². The Kier molecular flexibility index (Phi) is 4.43. The number of amides is 1. The minimum Gasteiger partial charge on any atom is -0.357 e. The third-order valence-electron chi connectivity index (χ3n) is 4.60. The molecule has 1 fully saturated rings. The second kappa shape index (κ2) is 6.90. The predicted molar refractivity (Wildman–Crippen MR) is 97.5 cm³/mol. The fraction of sp³-hybridized carbons (Fsp3) is 0.200. The van der Waals surface area contributed by atoms with Crippen molar-refractivity contribution in [1.82, 2.24) is 4.98 Å². The van der Waals surface area contributed by atoms with E-state index >= 15 is 0 Å². The number of aromatic nitrogens is 1. The van der Waals surface area contributed by atoms with Crippen LogP contribution in [0.4, 0.5) is 24.7 Å². The van der Waals surface area contributed by atoms with Crippen molar-refractivity contribution < 1.29 is 18.0 Å². The lowest BCUT2D eigenvalue weighted by Gasteiger charge is -2.17. The Morgan fingerprint density at radius 1 is 0.926 bits per heavy atom. The Balaban J connectivity index is 1.61. The van der Waals surface area contributed by atoms with Gasteiger partial charge < -0.3 is 10.2 Å². The molecule has 2 aromatic carbocycles. The van der Waals surface area contributed by atoms with Crippen molar-refractivity contribution in [3.05, 3.63) is 65.5 Å². The first-order chi connectivity index (χ1) is 13.0. The molecule has 0 bridgehead atoms. The van der Waals surface area contributed by atoms with Gasteiger partial charge in [-0.15, -0.1) is 0 Å².